The number of hydrogen-bond acceptors (Lipinski definition) is 7. The average Bonchev–Trinajstić information content (AvgIpc) is 3.60. The molecule has 1 aliphatic carbocycles. The largest absolute Gasteiger partial charge is 0.337 e. The van der Waals surface area contributed by atoms with Crippen LogP contribution >= 0.6 is 10.8 Å². The summed E-state index contributed by atoms with van der Waals surface area (Å²) in [6.07, 6.45) is 3.83. The highest BCUT2D eigenvalue weighted by atomic mass is 32.3. The van der Waals surface area contributed by atoms with Crippen molar-refractivity contribution in [2.45, 2.75) is 45.2 Å². The van der Waals surface area contributed by atoms with E-state index < -0.39 is 23.5 Å². The number of nitrogens with zero attached hydrogens (tertiary/aromatic N) is 6. The highest BCUT2D eigenvalue weighted by molar-refractivity contribution is 8.25. The van der Waals surface area contributed by atoms with Gasteiger partial charge in [0.15, 0.2) is 5.82 Å². The van der Waals surface area contributed by atoms with Gasteiger partial charge in [-0.1, -0.05) is 6.07 Å². The van der Waals surface area contributed by atoms with E-state index in [9.17, 15) is 18.3 Å². The highest BCUT2D eigenvalue weighted by Gasteiger charge is 2.31. The first-order chi connectivity index (χ1) is 22.6. The van der Waals surface area contributed by atoms with Gasteiger partial charge in [-0.15, -0.1) is 10.8 Å². The number of pyridine rings is 1. The molecule has 2 fully saturated rings. The van der Waals surface area contributed by atoms with Crippen molar-refractivity contribution in [3.05, 3.63) is 65.2 Å². The van der Waals surface area contributed by atoms with Crippen molar-refractivity contribution in [2.75, 3.05) is 36.4 Å². The second kappa shape index (κ2) is 11.3. The summed E-state index contributed by atoms with van der Waals surface area (Å²) in [5, 5.41) is 1.03. The quantitative estimate of drug-likeness (QED) is 0.183. The predicted octanol–water partition coefficient (Wildman–Crippen LogP) is 6.15. The van der Waals surface area contributed by atoms with E-state index >= 15 is 0 Å². The summed E-state index contributed by atoms with van der Waals surface area (Å²) in [5.41, 5.74) is 14.7. The molecule has 3 aromatic heterocycles. The minimum absolute atomic E-state index is 0.124. The number of anilines is 1. The molecule has 1 saturated carbocycles. The summed E-state index contributed by atoms with van der Waals surface area (Å²) in [7, 11) is -0.736. The summed E-state index contributed by atoms with van der Waals surface area (Å²) in [6, 6.07) is 15.6. The molecule has 1 atom stereocenters. The van der Waals surface area contributed by atoms with Crippen LogP contribution < -0.4 is 10.0 Å². The van der Waals surface area contributed by atoms with Crippen LogP contribution in [0.2, 0.25) is 0 Å². The maximum Gasteiger partial charge on any atom is 0.254 e. The fraction of sp³-hybridized carbons (Fsp3) is 0.400. The van der Waals surface area contributed by atoms with Gasteiger partial charge in [0, 0.05) is 49.7 Å². The number of carbonyl (C=O) groups excluding carboxylic acids is 1. The molecule has 8 rings (SSSR count). The summed E-state index contributed by atoms with van der Waals surface area (Å²) in [5.74, 6) is 1.70. The average molecular weight is 658 g/mol. The summed E-state index contributed by atoms with van der Waals surface area (Å²) >= 11 is 0. The third-order valence-electron chi connectivity index (χ3n) is 9.94. The number of alkyl halides is 1. The molecule has 246 valence electrons. The normalized spacial score (nSPS) is 19.1. The van der Waals surface area contributed by atoms with E-state index in [0.29, 0.717) is 36.7 Å². The van der Waals surface area contributed by atoms with Crippen molar-refractivity contribution in [1.82, 2.24) is 24.0 Å². The van der Waals surface area contributed by atoms with Crippen molar-refractivity contribution < 1.29 is 18.3 Å². The smallest absolute Gasteiger partial charge is 0.254 e. The summed E-state index contributed by atoms with van der Waals surface area (Å²) in [4.78, 5) is 25.3. The molecule has 2 aliphatic heterocycles. The second-order valence-electron chi connectivity index (χ2n) is 13.4. The number of rotatable bonds is 8. The lowest BCUT2D eigenvalue weighted by atomic mass is 9.97. The van der Waals surface area contributed by atoms with Crippen LogP contribution in [0.4, 0.5) is 10.1 Å². The van der Waals surface area contributed by atoms with Crippen LogP contribution in [-0.4, -0.2) is 77.1 Å². The van der Waals surface area contributed by atoms with Crippen LogP contribution in [-0.2, 0) is 20.0 Å². The Labute approximate surface area is 274 Å². The Bertz CT molecular complexity index is 2050. The van der Waals surface area contributed by atoms with Gasteiger partial charge in [0.25, 0.3) is 5.91 Å². The number of benzene rings is 2. The van der Waals surface area contributed by atoms with Gasteiger partial charge in [0.1, 0.15) is 12.3 Å². The topological polar surface area (TPSA) is 126 Å². The van der Waals surface area contributed by atoms with Gasteiger partial charge in [-0.05, 0) is 92.1 Å². The molecule has 0 bridgehead atoms. The fourth-order valence-electron chi connectivity index (χ4n) is 7.20. The van der Waals surface area contributed by atoms with Gasteiger partial charge < -0.3 is 19.8 Å². The Morgan fingerprint density at radius 2 is 1.89 bits per heavy atom. The van der Waals surface area contributed by atoms with Crippen LogP contribution in [0.1, 0.15) is 40.7 Å². The van der Waals surface area contributed by atoms with Crippen LogP contribution in [0.5, 0.6) is 0 Å². The lowest BCUT2D eigenvalue weighted by molar-refractivity contribution is 0.0725. The molecule has 10 nitrogen and oxygen atoms in total. The number of hydrogen-bond donors (Lipinski definition) is 3. The first-order valence-electron chi connectivity index (χ1n) is 16.4. The van der Waals surface area contributed by atoms with Gasteiger partial charge in [-0.3, -0.25) is 18.2 Å². The molecular formula is C35H40FN7O3S. The van der Waals surface area contributed by atoms with Crippen LogP contribution in [0.3, 0.4) is 0 Å². The standard InChI is InChI=1S/C35H40FN7O3S/c1-21-14-26(43-11-3-13-47(43,45)46)7-8-27(21)29-9-6-24-16-32(42(33(24)38-29)19-22-4-5-22)34-39-30-17-28-23(15-31(30)40(34)2)10-12-41(35(28)44)20-25(37)18-36/h6-9,14-17,22,25,45-46H,3-5,10-13,18-20,37H2,1-2H3. The van der Waals surface area contributed by atoms with E-state index in [1.165, 1.54) is 12.8 Å². The van der Waals surface area contributed by atoms with Crippen LogP contribution in [0.25, 0.3) is 44.8 Å². The Morgan fingerprint density at radius 3 is 2.62 bits per heavy atom. The van der Waals surface area contributed by atoms with E-state index in [0.717, 1.165) is 74.6 Å². The third-order valence-corrected chi connectivity index (χ3v) is 11.9. The molecule has 1 unspecified atom stereocenters. The maximum atomic E-state index is 13.3. The number of aromatic nitrogens is 4. The number of nitrogens with two attached hydrogens (primary N) is 1. The van der Waals surface area contributed by atoms with Gasteiger partial charge >= 0.3 is 0 Å². The molecule has 1 saturated heterocycles. The molecule has 5 aromatic rings. The maximum absolute atomic E-state index is 13.3. The van der Waals surface area contributed by atoms with Crippen molar-refractivity contribution in [1.29, 1.82) is 0 Å². The SMILES string of the molecule is Cc1cc(N2CCCS2(O)O)ccc1-c1ccc2cc(-c3nc4cc5c(cc4n3C)CCN(CC(N)CF)C5=O)n(CC3CC3)c2n1. The zero-order chi connectivity index (χ0) is 32.6. The Balaban J connectivity index is 1.18. The highest BCUT2D eigenvalue weighted by Crippen LogP contribution is 2.51. The Hall–Kier alpha value is -3.97. The molecule has 1 amide bonds. The minimum Gasteiger partial charge on any atom is -0.337 e. The van der Waals surface area contributed by atoms with Gasteiger partial charge in [-0.25, -0.2) is 14.4 Å². The zero-order valence-electron chi connectivity index (χ0n) is 26.7. The number of imidazole rings is 1. The first-order valence-corrected chi connectivity index (χ1v) is 18.0. The Kier molecular flexibility index (Phi) is 7.32. The Morgan fingerprint density at radius 1 is 1.06 bits per heavy atom. The molecule has 4 N–H and O–H groups in total. The van der Waals surface area contributed by atoms with E-state index in [1.54, 1.807) is 9.21 Å². The number of aryl methyl sites for hydroxylation is 2. The zero-order valence-corrected chi connectivity index (χ0v) is 27.5. The number of fused-ring (bicyclic) bond motifs is 3. The monoisotopic (exact) mass is 657 g/mol. The number of amides is 1. The third kappa shape index (κ3) is 5.27. The minimum atomic E-state index is -2.76. The first kappa shape index (κ1) is 30.4. The second-order valence-corrected chi connectivity index (χ2v) is 15.5. The lowest BCUT2D eigenvalue weighted by Crippen LogP contribution is -2.45. The molecule has 0 spiro atoms. The van der Waals surface area contributed by atoms with Crippen LogP contribution in [0, 0.1) is 12.8 Å². The molecular weight excluding hydrogens is 617 g/mol. The predicted molar refractivity (Wildman–Crippen MR) is 186 cm³/mol. The van der Waals surface area contributed by atoms with Gasteiger partial charge in [0.2, 0.25) is 0 Å². The van der Waals surface area contributed by atoms with Crippen molar-refractivity contribution >= 4 is 44.4 Å². The van der Waals surface area contributed by atoms with Crippen molar-refractivity contribution in [3.8, 4) is 22.8 Å². The van der Waals surface area contributed by atoms with Crippen molar-refractivity contribution in [2.24, 2.45) is 18.7 Å². The molecule has 3 aliphatic rings. The van der Waals surface area contributed by atoms with E-state index in [-0.39, 0.29) is 12.5 Å². The van der Waals surface area contributed by atoms with Crippen LogP contribution in [0.15, 0.2) is 48.5 Å². The lowest BCUT2D eigenvalue weighted by Gasteiger charge is -2.38. The molecule has 47 heavy (non-hydrogen) atoms. The van der Waals surface area contributed by atoms with Gasteiger partial charge in [0.05, 0.1) is 39.9 Å². The molecule has 0 radical (unpaired) electrons. The number of carbonyl (C=O) groups is 1. The fourth-order valence-corrected chi connectivity index (χ4v) is 8.81. The van der Waals surface area contributed by atoms with Crippen molar-refractivity contribution in [3.63, 3.8) is 0 Å². The van der Waals surface area contributed by atoms with E-state index in [1.807, 2.05) is 44.3 Å². The summed E-state index contributed by atoms with van der Waals surface area (Å²) < 4.78 is 40.2. The molecule has 5 heterocycles. The number of halogens is 1. The molecule has 2 aromatic carbocycles. The van der Waals surface area contributed by atoms with E-state index in [4.69, 9.17) is 15.7 Å². The van der Waals surface area contributed by atoms with E-state index in [2.05, 4.69) is 27.3 Å². The summed E-state index contributed by atoms with van der Waals surface area (Å²) in [6.45, 7) is 3.58. The van der Waals surface area contributed by atoms with Gasteiger partial charge in [-0.2, -0.15) is 0 Å². The molecule has 12 heteroatoms.